The number of carbonyl (C=O) groups excluding carboxylic acids is 1. The van der Waals surface area contributed by atoms with E-state index in [9.17, 15) is 18.0 Å². The zero-order chi connectivity index (χ0) is 23.6. The van der Waals surface area contributed by atoms with Crippen LogP contribution in [-0.4, -0.2) is 17.7 Å². The van der Waals surface area contributed by atoms with Crippen molar-refractivity contribution < 1.29 is 27.1 Å². The van der Waals surface area contributed by atoms with Crippen molar-refractivity contribution >= 4 is 46.2 Å². The summed E-state index contributed by atoms with van der Waals surface area (Å²) >= 11 is 7.03. The molecule has 33 heavy (non-hydrogen) atoms. The van der Waals surface area contributed by atoms with E-state index < -0.39 is 11.7 Å². The molecule has 1 saturated heterocycles. The molecule has 4 rings (SSSR count). The Morgan fingerprint density at radius 1 is 1.15 bits per heavy atom. The number of rotatable bonds is 5. The number of amides is 1. The van der Waals surface area contributed by atoms with Gasteiger partial charge in [0, 0.05) is 5.56 Å². The van der Waals surface area contributed by atoms with Gasteiger partial charge >= 0.3 is 6.18 Å². The number of nitrogens with zero attached hydrogens (tertiary/aromatic N) is 1. The maximum Gasteiger partial charge on any atom is 0.416 e. The summed E-state index contributed by atoms with van der Waals surface area (Å²) in [4.78, 5) is 16.9. The number of halogens is 4. The van der Waals surface area contributed by atoms with E-state index in [1.54, 1.807) is 36.4 Å². The zero-order valence-electron chi connectivity index (χ0n) is 17.1. The molecule has 2 heterocycles. The molecule has 5 nitrogen and oxygen atoms in total. The van der Waals surface area contributed by atoms with Crippen molar-refractivity contribution in [2.45, 2.75) is 13.1 Å². The van der Waals surface area contributed by atoms with Gasteiger partial charge in [-0.15, -0.1) is 0 Å². The number of hydrogen-bond acceptors (Lipinski definition) is 5. The van der Waals surface area contributed by atoms with Crippen LogP contribution >= 0.6 is 23.4 Å². The molecule has 0 saturated carbocycles. The van der Waals surface area contributed by atoms with Crippen LogP contribution < -0.4 is 10.1 Å². The highest BCUT2D eigenvalue weighted by molar-refractivity contribution is 8.18. The van der Waals surface area contributed by atoms with Crippen LogP contribution in [0.5, 0.6) is 5.75 Å². The fourth-order valence-corrected chi connectivity index (χ4v) is 3.95. The lowest BCUT2D eigenvalue weighted by Crippen LogP contribution is -2.18. The predicted octanol–water partition coefficient (Wildman–Crippen LogP) is 7.55. The summed E-state index contributed by atoms with van der Waals surface area (Å²) in [7, 11) is 0. The van der Waals surface area contributed by atoms with Crippen molar-refractivity contribution in [1.29, 1.82) is 0 Å². The lowest BCUT2D eigenvalue weighted by Gasteiger charge is -2.09. The van der Waals surface area contributed by atoms with Gasteiger partial charge in [0.05, 0.1) is 27.8 Å². The minimum absolute atomic E-state index is 0.118. The molecular weight excluding hydrogens is 477 g/mol. The van der Waals surface area contributed by atoms with E-state index in [4.69, 9.17) is 20.8 Å². The third-order valence-electron chi connectivity index (χ3n) is 4.50. The second-order valence-corrected chi connectivity index (χ2v) is 8.23. The molecule has 1 amide bonds. The van der Waals surface area contributed by atoms with Crippen molar-refractivity contribution in [1.82, 2.24) is 5.32 Å². The van der Waals surface area contributed by atoms with E-state index in [2.05, 4.69) is 10.3 Å². The van der Waals surface area contributed by atoms with E-state index in [0.29, 0.717) is 34.5 Å². The summed E-state index contributed by atoms with van der Waals surface area (Å²) in [5, 5.41) is 2.49. The molecular formula is C23H16ClF3N2O3S. The second-order valence-electron chi connectivity index (χ2n) is 6.80. The van der Waals surface area contributed by atoms with Crippen LogP contribution in [0.1, 0.15) is 18.2 Å². The van der Waals surface area contributed by atoms with Crippen molar-refractivity contribution in [3.05, 3.63) is 75.8 Å². The van der Waals surface area contributed by atoms with Crippen LogP contribution in [0.15, 0.2) is 68.9 Å². The third-order valence-corrected chi connectivity index (χ3v) is 5.65. The monoisotopic (exact) mass is 492 g/mol. The highest BCUT2D eigenvalue weighted by Crippen LogP contribution is 2.37. The molecule has 1 aliphatic rings. The van der Waals surface area contributed by atoms with Crippen molar-refractivity contribution in [3.8, 4) is 17.1 Å². The molecule has 2 aromatic carbocycles. The fourth-order valence-electron chi connectivity index (χ4n) is 3.02. The summed E-state index contributed by atoms with van der Waals surface area (Å²) < 4.78 is 50.3. The SMILES string of the molecule is CCOc1ccc(N=C2NC(=O)SC2=Cc2ccc(-c3cc(C(F)(F)F)ccc3Cl)o2)cc1. The third kappa shape index (κ3) is 5.43. The lowest BCUT2D eigenvalue weighted by atomic mass is 10.1. The van der Waals surface area contributed by atoms with Crippen molar-refractivity contribution in [2.24, 2.45) is 4.99 Å². The van der Waals surface area contributed by atoms with Crippen LogP contribution in [0.4, 0.5) is 23.7 Å². The number of benzene rings is 2. The quantitative estimate of drug-likeness (QED) is 0.399. The first-order chi connectivity index (χ1) is 15.7. The molecule has 0 unspecified atom stereocenters. The zero-order valence-corrected chi connectivity index (χ0v) is 18.6. The molecule has 0 bridgehead atoms. The summed E-state index contributed by atoms with van der Waals surface area (Å²) in [6, 6.07) is 13.2. The van der Waals surface area contributed by atoms with E-state index in [1.807, 2.05) is 6.92 Å². The second kappa shape index (κ2) is 9.36. The van der Waals surface area contributed by atoms with Gasteiger partial charge in [-0.25, -0.2) is 4.99 Å². The predicted molar refractivity (Wildman–Crippen MR) is 123 cm³/mol. The molecule has 170 valence electrons. The van der Waals surface area contributed by atoms with Gasteiger partial charge in [-0.05, 0) is 79.4 Å². The smallest absolute Gasteiger partial charge is 0.416 e. The highest BCUT2D eigenvalue weighted by Gasteiger charge is 2.31. The Bertz CT molecular complexity index is 1250. The molecule has 3 aromatic rings. The van der Waals surface area contributed by atoms with Crippen LogP contribution in [0.25, 0.3) is 17.4 Å². The summed E-state index contributed by atoms with van der Waals surface area (Å²) in [6.07, 6.45) is -2.92. The highest BCUT2D eigenvalue weighted by atomic mass is 35.5. The maximum atomic E-state index is 13.1. The molecule has 1 fully saturated rings. The topological polar surface area (TPSA) is 63.8 Å². The average molecular weight is 493 g/mol. The Morgan fingerprint density at radius 3 is 2.61 bits per heavy atom. The Labute approximate surface area is 196 Å². The van der Waals surface area contributed by atoms with Gasteiger partial charge in [-0.2, -0.15) is 13.2 Å². The van der Waals surface area contributed by atoms with Crippen molar-refractivity contribution in [2.75, 3.05) is 6.61 Å². The Hall–Kier alpha value is -3.17. The fraction of sp³-hybridized carbons (Fsp3) is 0.130. The number of thioether (sulfide) groups is 1. The number of alkyl halides is 3. The molecule has 0 aliphatic carbocycles. The minimum Gasteiger partial charge on any atom is -0.494 e. The lowest BCUT2D eigenvalue weighted by molar-refractivity contribution is -0.137. The normalized spacial score (nSPS) is 16.5. The number of furan rings is 1. The van der Waals surface area contributed by atoms with Crippen LogP contribution in [0.3, 0.4) is 0 Å². The van der Waals surface area contributed by atoms with Gasteiger partial charge < -0.3 is 14.5 Å². The number of carbonyl (C=O) groups is 1. The standard InChI is InChI=1S/C23H16ClF3N2O3S/c1-2-31-15-6-4-14(5-7-15)28-21-20(33-22(30)29-21)12-16-8-10-19(32-16)17-11-13(23(25,26)27)3-9-18(17)24/h3-12H,2H2,1H3,(H,28,29,30). The van der Waals surface area contributed by atoms with Crippen LogP contribution in [0.2, 0.25) is 5.02 Å². The summed E-state index contributed by atoms with van der Waals surface area (Å²) in [5.41, 5.74) is -0.102. The molecule has 1 aromatic heterocycles. The van der Waals surface area contributed by atoms with Gasteiger partial charge in [0.2, 0.25) is 0 Å². The number of hydrogen-bond donors (Lipinski definition) is 1. The number of nitrogens with one attached hydrogen (secondary N) is 1. The maximum absolute atomic E-state index is 13.1. The molecule has 0 spiro atoms. The summed E-state index contributed by atoms with van der Waals surface area (Å²) in [5.74, 6) is 1.55. The average Bonchev–Trinajstić information content (AvgIpc) is 3.35. The molecule has 0 radical (unpaired) electrons. The minimum atomic E-state index is -4.50. The van der Waals surface area contributed by atoms with Gasteiger partial charge in [0.25, 0.3) is 5.24 Å². The Morgan fingerprint density at radius 2 is 1.91 bits per heavy atom. The number of ether oxygens (including phenoxy) is 1. The van der Waals surface area contributed by atoms with Gasteiger partial charge in [-0.3, -0.25) is 4.79 Å². The molecule has 1 aliphatic heterocycles. The largest absolute Gasteiger partial charge is 0.494 e. The van der Waals surface area contributed by atoms with Gasteiger partial charge in [-0.1, -0.05) is 11.6 Å². The number of amidine groups is 1. The van der Waals surface area contributed by atoms with Gasteiger partial charge in [0.1, 0.15) is 23.1 Å². The van der Waals surface area contributed by atoms with E-state index in [1.165, 1.54) is 12.1 Å². The Kier molecular flexibility index (Phi) is 6.53. The first kappa shape index (κ1) is 23.0. The van der Waals surface area contributed by atoms with E-state index >= 15 is 0 Å². The molecule has 1 N–H and O–H groups in total. The summed E-state index contributed by atoms with van der Waals surface area (Å²) in [6.45, 7) is 2.43. The van der Waals surface area contributed by atoms with E-state index in [-0.39, 0.29) is 21.6 Å². The van der Waals surface area contributed by atoms with Crippen LogP contribution in [0, 0.1) is 0 Å². The van der Waals surface area contributed by atoms with Gasteiger partial charge in [0.15, 0.2) is 0 Å². The molecule has 0 atom stereocenters. The van der Waals surface area contributed by atoms with Crippen molar-refractivity contribution in [3.63, 3.8) is 0 Å². The first-order valence-corrected chi connectivity index (χ1v) is 10.9. The first-order valence-electron chi connectivity index (χ1n) is 9.72. The van der Waals surface area contributed by atoms with E-state index in [0.717, 1.165) is 23.9 Å². The number of aliphatic imine (C=N–C) groups is 1. The Balaban J connectivity index is 1.62. The van der Waals surface area contributed by atoms with Crippen LogP contribution in [-0.2, 0) is 6.18 Å². The molecule has 10 heteroatoms.